The van der Waals surface area contributed by atoms with Crippen LogP contribution < -0.4 is 9.64 Å². The van der Waals surface area contributed by atoms with Gasteiger partial charge in [-0.2, -0.15) is 0 Å². The first-order valence-electron chi connectivity index (χ1n) is 9.46. The molecule has 4 rings (SSSR count). The number of methoxy groups -OCH3 is 1. The molecule has 2 aliphatic rings. The van der Waals surface area contributed by atoms with Crippen molar-refractivity contribution >= 4 is 17.5 Å². The number of ether oxygens (including phenoxy) is 1. The van der Waals surface area contributed by atoms with E-state index in [1.165, 1.54) is 17.5 Å². The fourth-order valence-corrected chi connectivity index (χ4v) is 4.03. The lowest BCUT2D eigenvalue weighted by Gasteiger charge is -2.39. The Hall–Kier alpha value is -2.82. The molecule has 0 bridgehead atoms. The number of piperazine rings is 1. The number of amides is 2. The zero-order valence-corrected chi connectivity index (χ0v) is 15.8. The molecule has 1 aliphatic carbocycles. The Kier molecular flexibility index (Phi) is 4.60. The van der Waals surface area contributed by atoms with Crippen molar-refractivity contribution in [2.75, 3.05) is 25.1 Å². The molecule has 1 heterocycles. The maximum atomic E-state index is 13.0. The Balaban J connectivity index is 1.51. The number of benzene rings is 2. The molecule has 2 aromatic carbocycles. The summed E-state index contributed by atoms with van der Waals surface area (Å²) in [4.78, 5) is 29.3. The van der Waals surface area contributed by atoms with Crippen molar-refractivity contribution in [1.82, 2.24) is 4.90 Å². The van der Waals surface area contributed by atoms with Gasteiger partial charge in [0.15, 0.2) is 0 Å². The Morgan fingerprint density at radius 2 is 1.78 bits per heavy atom. The van der Waals surface area contributed by atoms with Gasteiger partial charge in [-0.25, -0.2) is 0 Å². The molecule has 0 spiro atoms. The molecule has 0 saturated carbocycles. The van der Waals surface area contributed by atoms with Gasteiger partial charge >= 0.3 is 0 Å². The molecular weight excluding hydrogens is 340 g/mol. The lowest BCUT2D eigenvalue weighted by Crippen LogP contribution is -2.57. The summed E-state index contributed by atoms with van der Waals surface area (Å²) in [6, 6.07) is 12.9. The van der Waals surface area contributed by atoms with Crippen LogP contribution in [0, 0.1) is 0 Å². The minimum atomic E-state index is -0.485. The SMILES string of the molecule is COc1ccc(C(=O)N2CCN(c3ccc4c(c3)CCC4)C(=O)[C@@H]2C)cc1. The number of carbonyl (C=O) groups excluding carboxylic acids is 2. The molecule has 27 heavy (non-hydrogen) atoms. The van der Waals surface area contributed by atoms with Crippen LogP contribution in [0.2, 0.25) is 0 Å². The van der Waals surface area contributed by atoms with Crippen LogP contribution in [0.25, 0.3) is 0 Å². The molecule has 140 valence electrons. The molecule has 1 fully saturated rings. The van der Waals surface area contributed by atoms with E-state index in [1.54, 1.807) is 36.3 Å². The van der Waals surface area contributed by atoms with E-state index in [4.69, 9.17) is 4.74 Å². The largest absolute Gasteiger partial charge is 0.497 e. The first-order valence-corrected chi connectivity index (χ1v) is 9.46. The van der Waals surface area contributed by atoms with Crippen LogP contribution in [0.1, 0.15) is 34.8 Å². The van der Waals surface area contributed by atoms with Crippen molar-refractivity contribution in [1.29, 1.82) is 0 Å². The monoisotopic (exact) mass is 364 g/mol. The number of carbonyl (C=O) groups is 2. The highest BCUT2D eigenvalue weighted by molar-refractivity contribution is 6.03. The summed E-state index contributed by atoms with van der Waals surface area (Å²) in [5.74, 6) is 0.560. The van der Waals surface area contributed by atoms with Crippen LogP contribution >= 0.6 is 0 Å². The van der Waals surface area contributed by atoms with E-state index in [0.29, 0.717) is 24.4 Å². The number of aryl methyl sites for hydroxylation is 2. The number of anilines is 1. The van der Waals surface area contributed by atoms with E-state index in [2.05, 4.69) is 12.1 Å². The predicted molar refractivity (Wildman–Crippen MR) is 104 cm³/mol. The summed E-state index contributed by atoms with van der Waals surface area (Å²) in [5.41, 5.74) is 4.27. The Morgan fingerprint density at radius 1 is 1.04 bits per heavy atom. The normalized spacial score (nSPS) is 19.2. The summed E-state index contributed by atoms with van der Waals surface area (Å²) in [6.07, 6.45) is 3.40. The molecular formula is C22H24N2O3. The van der Waals surface area contributed by atoms with E-state index in [9.17, 15) is 9.59 Å². The van der Waals surface area contributed by atoms with Crippen molar-refractivity contribution in [3.05, 3.63) is 59.2 Å². The van der Waals surface area contributed by atoms with E-state index in [0.717, 1.165) is 18.5 Å². The van der Waals surface area contributed by atoms with Gasteiger partial charge in [-0.15, -0.1) is 0 Å². The van der Waals surface area contributed by atoms with Crippen LogP contribution in [0.5, 0.6) is 5.75 Å². The molecule has 1 aliphatic heterocycles. The number of hydrogen-bond acceptors (Lipinski definition) is 3. The zero-order chi connectivity index (χ0) is 19.0. The van der Waals surface area contributed by atoms with Crippen molar-refractivity contribution in [2.45, 2.75) is 32.2 Å². The number of rotatable bonds is 3. The minimum Gasteiger partial charge on any atom is -0.497 e. The smallest absolute Gasteiger partial charge is 0.254 e. The summed E-state index contributed by atoms with van der Waals surface area (Å²) in [7, 11) is 1.59. The van der Waals surface area contributed by atoms with Crippen molar-refractivity contribution in [3.8, 4) is 5.75 Å². The van der Waals surface area contributed by atoms with Crippen molar-refractivity contribution in [2.24, 2.45) is 0 Å². The highest BCUT2D eigenvalue weighted by atomic mass is 16.5. The molecule has 5 nitrogen and oxygen atoms in total. The quantitative estimate of drug-likeness (QED) is 0.841. The molecule has 2 amide bonds. The van der Waals surface area contributed by atoms with Gasteiger partial charge in [0, 0.05) is 24.3 Å². The highest BCUT2D eigenvalue weighted by Crippen LogP contribution is 2.29. The number of fused-ring (bicyclic) bond motifs is 1. The molecule has 0 radical (unpaired) electrons. The van der Waals surface area contributed by atoms with Gasteiger partial charge in [-0.05, 0) is 73.7 Å². The summed E-state index contributed by atoms with van der Waals surface area (Å²) < 4.78 is 5.14. The average Bonchev–Trinajstić information content (AvgIpc) is 3.17. The molecule has 1 saturated heterocycles. The second-order valence-corrected chi connectivity index (χ2v) is 7.20. The second kappa shape index (κ2) is 7.06. The third-order valence-corrected chi connectivity index (χ3v) is 5.65. The zero-order valence-electron chi connectivity index (χ0n) is 15.8. The molecule has 2 aromatic rings. The summed E-state index contributed by atoms with van der Waals surface area (Å²) in [6.45, 7) is 2.85. The second-order valence-electron chi connectivity index (χ2n) is 7.20. The van der Waals surface area contributed by atoms with Crippen molar-refractivity contribution < 1.29 is 14.3 Å². The third-order valence-electron chi connectivity index (χ3n) is 5.65. The first-order chi connectivity index (χ1) is 13.1. The molecule has 1 atom stereocenters. The molecule has 0 aromatic heterocycles. The Labute approximate surface area is 159 Å². The van der Waals surface area contributed by atoms with E-state index in [1.807, 2.05) is 17.9 Å². The third kappa shape index (κ3) is 3.18. The lowest BCUT2D eigenvalue weighted by atomic mass is 10.1. The predicted octanol–water partition coefficient (Wildman–Crippen LogP) is 3.06. The van der Waals surface area contributed by atoms with Crippen molar-refractivity contribution in [3.63, 3.8) is 0 Å². The van der Waals surface area contributed by atoms with Crippen LogP contribution in [-0.2, 0) is 17.6 Å². The number of nitrogens with zero attached hydrogens (tertiary/aromatic N) is 2. The van der Waals surface area contributed by atoms with Gasteiger partial charge in [0.25, 0.3) is 5.91 Å². The maximum absolute atomic E-state index is 13.0. The standard InChI is InChI=1S/C22H24N2O3/c1-15-21(25)24(19-9-6-16-4-3-5-18(16)14-19)13-12-23(15)22(26)17-7-10-20(27-2)11-8-17/h6-11,14-15H,3-5,12-13H2,1-2H3/t15-/m0/s1. The molecule has 5 heteroatoms. The average molecular weight is 364 g/mol. The Bertz CT molecular complexity index is 876. The maximum Gasteiger partial charge on any atom is 0.254 e. The van der Waals surface area contributed by atoms with Gasteiger partial charge in [0.2, 0.25) is 5.91 Å². The van der Waals surface area contributed by atoms with E-state index in [-0.39, 0.29) is 11.8 Å². The van der Waals surface area contributed by atoms with Gasteiger partial charge in [0.05, 0.1) is 7.11 Å². The van der Waals surface area contributed by atoms with Gasteiger partial charge in [0.1, 0.15) is 11.8 Å². The first kappa shape index (κ1) is 17.6. The number of hydrogen-bond donors (Lipinski definition) is 0. The van der Waals surface area contributed by atoms with Crippen LogP contribution in [-0.4, -0.2) is 43.0 Å². The topological polar surface area (TPSA) is 49.9 Å². The van der Waals surface area contributed by atoms with Gasteiger partial charge < -0.3 is 14.5 Å². The summed E-state index contributed by atoms with van der Waals surface area (Å²) in [5, 5.41) is 0. The minimum absolute atomic E-state index is 0.0268. The van der Waals surface area contributed by atoms with Crippen LogP contribution in [0.3, 0.4) is 0 Å². The molecule has 0 N–H and O–H groups in total. The van der Waals surface area contributed by atoms with Gasteiger partial charge in [-0.3, -0.25) is 9.59 Å². The van der Waals surface area contributed by atoms with Crippen LogP contribution in [0.15, 0.2) is 42.5 Å². The highest BCUT2D eigenvalue weighted by Gasteiger charge is 2.35. The fraction of sp³-hybridized carbons (Fsp3) is 0.364. The van der Waals surface area contributed by atoms with E-state index < -0.39 is 6.04 Å². The summed E-state index contributed by atoms with van der Waals surface area (Å²) >= 11 is 0. The van der Waals surface area contributed by atoms with E-state index >= 15 is 0 Å². The Morgan fingerprint density at radius 3 is 2.52 bits per heavy atom. The lowest BCUT2D eigenvalue weighted by molar-refractivity contribution is -0.124. The fourth-order valence-electron chi connectivity index (χ4n) is 4.03. The molecule has 0 unspecified atom stereocenters. The van der Waals surface area contributed by atoms with Gasteiger partial charge in [-0.1, -0.05) is 6.07 Å². The van der Waals surface area contributed by atoms with Crippen LogP contribution in [0.4, 0.5) is 5.69 Å².